The van der Waals surface area contributed by atoms with Gasteiger partial charge in [-0.15, -0.1) is 0 Å². The van der Waals surface area contributed by atoms with E-state index in [2.05, 4.69) is 19.9 Å². The quantitative estimate of drug-likeness (QED) is 0.239. The van der Waals surface area contributed by atoms with Gasteiger partial charge in [-0.25, -0.2) is 14.1 Å². The molecular weight excluding hydrogens is 484 g/mol. The summed E-state index contributed by atoms with van der Waals surface area (Å²) in [6.45, 7) is 0. The molecule has 12 heteroatoms. The second kappa shape index (κ2) is 10.7. The van der Waals surface area contributed by atoms with Crippen molar-refractivity contribution in [2.75, 3.05) is 14.2 Å². The number of para-hydroxylation sites is 2. The molecule has 0 fully saturated rings. The molecular formula is C24H20N6O5S. The number of ether oxygens (including phenoxy) is 3. The molecule has 182 valence electrons. The summed E-state index contributed by atoms with van der Waals surface area (Å²) in [6, 6.07) is 17.0. The summed E-state index contributed by atoms with van der Waals surface area (Å²) in [4.78, 5) is 16.6. The Kier molecular flexibility index (Phi) is 7.25. The SMILES string of the molecule is COc1ccccc1Oc1c(OC)nc(-c2ncccn2)nc1[N+](=[N-])S(=O)(=O)/C=C/c1ccccc1. The third-order valence-electron chi connectivity index (χ3n) is 4.71. The second-order valence-electron chi connectivity index (χ2n) is 7.04. The Balaban J connectivity index is 1.86. The van der Waals surface area contributed by atoms with E-state index in [1.54, 1.807) is 60.7 Å². The van der Waals surface area contributed by atoms with Crippen LogP contribution in [0.15, 0.2) is 78.5 Å². The van der Waals surface area contributed by atoms with E-state index < -0.39 is 15.8 Å². The fourth-order valence-corrected chi connectivity index (χ4v) is 3.82. The average Bonchev–Trinajstić information content (AvgIpc) is 2.93. The minimum atomic E-state index is -4.46. The maximum Gasteiger partial charge on any atom is 0.375 e. The summed E-state index contributed by atoms with van der Waals surface area (Å²) in [5, 5.41) is 0.836. The fourth-order valence-electron chi connectivity index (χ4n) is 3.01. The van der Waals surface area contributed by atoms with E-state index in [9.17, 15) is 13.9 Å². The minimum Gasteiger partial charge on any atom is -0.594 e. The van der Waals surface area contributed by atoms with Gasteiger partial charge in [0.05, 0.1) is 19.6 Å². The van der Waals surface area contributed by atoms with Crippen LogP contribution in [0.4, 0.5) is 5.82 Å². The van der Waals surface area contributed by atoms with Gasteiger partial charge in [0.25, 0.3) is 11.6 Å². The van der Waals surface area contributed by atoms with Gasteiger partial charge in [0.2, 0.25) is 5.82 Å². The van der Waals surface area contributed by atoms with Crippen molar-refractivity contribution in [2.45, 2.75) is 0 Å². The van der Waals surface area contributed by atoms with Crippen LogP contribution >= 0.6 is 0 Å². The van der Waals surface area contributed by atoms with Crippen LogP contribution in [-0.4, -0.2) is 46.7 Å². The normalized spacial score (nSPS) is 11.3. The lowest BCUT2D eigenvalue weighted by molar-refractivity contribution is -0.291. The van der Waals surface area contributed by atoms with Gasteiger partial charge in [-0.05, 0) is 34.8 Å². The molecule has 2 aromatic heterocycles. The predicted molar refractivity (Wildman–Crippen MR) is 130 cm³/mol. The zero-order valence-corrected chi connectivity index (χ0v) is 20.0. The Morgan fingerprint density at radius 3 is 2.17 bits per heavy atom. The number of rotatable bonds is 9. The summed E-state index contributed by atoms with van der Waals surface area (Å²) in [6.07, 6.45) is 4.26. The first-order chi connectivity index (χ1) is 17.4. The molecule has 0 saturated carbocycles. The number of aromatic nitrogens is 4. The zero-order chi connectivity index (χ0) is 25.5. The topological polar surface area (TPSA) is 139 Å². The standard InChI is InChI=1S/C24H20N6O5S/c1-33-18-11-6-7-12-19(18)35-20-23(28-22(29-24(20)34-2)21-26-14-8-15-27-21)30(25)36(31,32)16-13-17-9-4-3-5-10-17/h3-16H,1-2H3/b16-13+. The molecule has 0 N–H and O–H groups in total. The second-order valence-corrected chi connectivity index (χ2v) is 8.68. The minimum absolute atomic E-state index is 0.0200. The molecule has 2 aromatic carbocycles. The van der Waals surface area contributed by atoms with Crippen molar-refractivity contribution in [3.8, 4) is 34.8 Å². The van der Waals surface area contributed by atoms with Gasteiger partial charge in [0, 0.05) is 12.4 Å². The highest BCUT2D eigenvalue weighted by molar-refractivity contribution is 7.88. The van der Waals surface area contributed by atoms with Gasteiger partial charge < -0.3 is 19.7 Å². The van der Waals surface area contributed by atoms with Gasteiger partial charge in [-0.3, -0.25) is 0 Å². The Morgan fingerprint density at radius 1 is 0.833 bits per heavy atom. The maximum atomic E-state index is 13.1. The molecule has 4 aromatic rings. The Labute approximate surface area is 207 Å². The number of sulfonamides is 1. The van der Waals surface area contributed by atoms with Gasteiger partial charge in [-0.2, -0.15) is 13.4 Å². The van der Waals surface area contributed by atoms with Crippen LogP contribution in [0, 0.1) is 0 Å². The summed E-state index contributed by atoms with van der Waals surface area (Å²) in [5.41, 5.74) is 11.5. The monoisotopic (exact) mass is 504 g/mol. The van der Waals surface area contributed by atoms with Crippen LogP contribution in [0.1, 0.15) is 5.56 Å². The highest BCUT2D eigenvalue weighted by Crippen LogP contribution is 2.42. The number of methoxy groups -OCH3 is 2. The molecule has 0 aliphatic carbocycles. The van der Waals surface area contributed by atoms with Crippen molar-refractivity contribution in [2.24, 2.45) is 0 Å². The summed E-state index contributed by atoms with van der Waals surface area (Å²) < 4.78 is 42.7. The van der Waals surface area contributed by atoms with Crippen molar-refractivity contribution >= 4 is 21.9 Å². The van der Waals surface area contributed by atoms with E-state index in [0.717, 1.165) is 5.41 Å². The molecule has 0 bridgehead atoms. The van der Waals surface area contributed by atoms with Crippen molar-refractivity contribution in [3.63, 3.8) is 0 Å². The Bertz CT molecular complexity index is 1510. The lowest BCUT2D eigenvalue weighted by Crippen LogP contribution is -2.14. The predicted octanol–water partition coefficient (Wildman–Crippen LogP) is 4.41. The van der Waals surface area contributed by atoms with E-state index in [4.69, 9.17) is 14.2 Å². The van der Waals surface area contributed by atoms with Gasteiger partial charge in [0.15, 0.2) is 11.5 Å². The van der Waals surface area contributed by atoms with E-state index >= 15 is 0 Å². The number of nitrogens with zero attached hydrogens (tertiary/aromatic N) is 6. The molecule has 0 atom stereocenters. The molecule has 4 rings (SSSR count). The van der Waals surface area contributed by atoms with Crippen LogP contribution in [0.2, 0.25) is 0 Å². The van der Waals surface area contributed by atoms with Crippen molar-refractivity contribution < 1.29 is 26.7 Å². The summed E-state index contributed by atoms with van der Waals surface area (Å²) >= 11 is 0. The van der Waals surface area contributed by atoms with E-state index in [1.165, 1.54) is 32.7 Å². The number of benzene rings is 2. The molecule has 36 heavy (non-hydrogen) atoms. The molecule has 0 unspecified atom stereocenters. The maximum absolute atomic E-state index is 13.1. The highest BCUT2D eigenvalue weighted by atomic mass is 32.2. The zero-order valence-electron chi connectivity index (χ0n) is 19.2. The largest absolute Gasteiger partial charge is 0.594 e. The van der Waals surface area contributed by atoms with Gasteiger partial charge >= 0.3 is 21.7 Å². The van der Waals surface area contributed by atoms with Gasteiger partial charge in [-0.1, -0.05) is 42.5 Å². The van der Waals surface area contributed by atoms with Crippen molar-refractivity contribution in [1.82, 2.24) is 19.9 Å². The third-order valence-corrected chi connectivity index (χ3v) is 5.85. The lowest BCUT2D eigenvalue weighted by atomic mass is 10.2. The Morgan fingerprint density at radius 2 is 1.50 bits per heavy atom. The van der Waals surface area contributed by atoms with Crippen LogP contribution in [0.5, 0.6) is 23.1 Å². The molecule has 2 heterocycles. The summed E-state index contributed by atoms with van der Waals surface area (Å²) in [5.74, 6) is -0.444. The molecule has 0 spiro atoms. The number of hydrogen-bond acceptors (Lipinski definition) is 9. The lowest BCUT2D eigenvalue weighted by Gasteiger charge is -2.15. The first kappa shape index (κ1) is 24.4. The summed E-state index contributed by atoms with van der Waals surface area (Å²) in [7, 11) is -1.70. The number of hydrogen-bond donors (Lipinski definition) is 0. The Hall–Kier alpha value is -4.71. The van der Waals surface area contributed by atoms with E-state index in [0.29, 0.717) is 11.3 Å². The molecule has 0 radical (unpaired) electrons. The first-order valence-corrected chi connectivity index (χ1v) is 11.9. The van der Waals surface area contributed by atoms with E-state index in [-0.39, 0.29) is 33.1 Å². The third kappa shape index (κ3) is 5.33. The van der Waals surface area contributed by atoms with Crippen molar-refractivity contribution in [1.29, 1.82) is 0 Å². The van der Waals surface area contributed by atoms with Crippen LogP contribution in [0.25, 0.3) is 23.3 Å². The van der Waals surface area contributed by atoms with Crippen LogP contribution in [0.3, 0.4) is 0 Å². The first-order valence-electron chi connectivity index (χ1n) is 10.4. The molecule has 0 aliphatic rings. The van der Waals surface area contributed by atoms with Crippen LogP contribution in [-0.2, 0) is 10.0 Å². The molecule has 0 saturated heterocycles. The van der Waals surface area contributed by atoms with Crippen LogP contribution < -0.4 is 14.2 Å². The fraction of sp³-hybridized carbons (Fsp3) is 0.0833. The molecule has 0 aliphatic heterocycles. The average molecular weight is 505 g/mol. The van der Waals surface area contributed by atoms with Gasteiger partial charge in [0.1, 0.15) is 0 Å². The smallest absolute Gasteiger partial charge is 0.375 e. The molecule has 0 amide bonds. The van der Waals surface area contributed by atoms with E-state index in [1.807, 2.05) is 0 Å². The molecule has 11 nitrogen and oxygen atoms in total. The highest BCUT2D eigenvalue weighted by Gasteiger charge is 2.32. The van der Waals surface area contributed by atoms with Crippen molar-refractivity contribution in [3.05, 3.63) is 89.6 Å².